The van der Waals surface area contributed by atoms with E-state index in [1.54, 1.807) is 0 Å². The van der Waals surface area contributed by atoms with Gasteiger partial charge in [0.15, 0.2) is 0 Å². The number of carbonyl (C=O) groups excluding carboxylic acids is 2. The lowest BCUT2D eigenvalue weighted by Crippen LogP contribution is -2.49. The largest absolute Gasteiger partial charge is 0.368 e. The van der Waals surface area contributed by atoms with Crippen molar-refractivity contribution < 1.29 is 9.59 Å². The van der Waals surface area contributed by atoms with Crippen LogP contribution in [0.15, 0.2) is 54.6 Å². The summed E-state index contributed by atoms with van der Waals surface area (Å²) in [6.45, 7) is 3.47. The van der Waals surface area contributed by atoms with Crippen molar-refractivity contribution in [1.82, 2.24) is 10.2 Å². The van der Waals surface area contributed by atoms with Gasteiger partial charge in [0, 0.05) is 49.9 Å². The fraction of sp³-hybridized carbons (Fsp3) is 0.440. The third kappa shape index (κ3) is 4.87. The van der Waals surface area contributed by atoms with Crippen LogP contribution in [-0.2, 0) is 15.0 Å². The minimum Gasteiger partial charge on any atom is -0.368 e. The van der Waals surface area contributed by atoms with Crippen molar-refractivity contribution in [1.29, 1.82) is 0 Å². The molecule has 0 spiro atoms. The maximum absolute atomic E-state index is 13.2. The summed E-state index contributed by atoms with van der Waals surface area (Å²) in [5.41, 5.74) is 1.66. The summed E-state index contributed by atoms with van der Waals surface area (Å²) in [7, 11) is 0. The molecule has 0 unspecified atom stereocenters. The molecule has 2 aromatic carbocycles. The molecule has 1 heterocycles. The summed E-state index contributed by atoms with van der Waals surface area (Å²) >= 11 is 6.19. The molecule has 5 nitrogen and oxygen atoms in total. The second kappa shape index (κ2) is 9.73. The minimum absolute atomic E-state index is 0.0222. The Kier molecular flexibility index (Phi) is 6.81. The molecular formula is C25H30ClN3O2. The molecule has 2 aromatic rings. The third-order valence-electron chi connectivity index (χ3n) is 6.65. The number of para-hydroxylation sites is 1. The Hall–Kier alpha value is -2.53. The van der Waals surface area contributed by atoms with Gasteiger partial charge in [-0.25, -0.2) is 0 Å². The van der Waals surface area contributed by atoms with Crippen LogP contribution >= 0.6 is 11.6 Å². The molecular weight excluding hydrogens is 410 g/mol. The standard InChI is InChI=1S/C25H30ClN3O2/c26-21-8-6-7-20(19-21)25(12-4-5-13-25)24(31)27-14-11-23(30)29-17-15-28(16-18-29)22-9-2-1-3-10-22/h1-3,6-10,19H,4-5,11-18H2,(H,27,31). The predicted octanol–water partition coefficient (Wildman–Crippen LogP) is 4.01. The van der Waals surface area contributed by atoms with Crippen LogP contribution in [0.4, 0.5) is 5.69 Å². The Bertz CT molecular complexity index is 904. The lowest BCUT2D eigenvalue weighted by molar-refractivity contribution is -0.131. The summed E-state index contributed by atoms with van der Waals surface area (Å²) < 4.78 is 0. The average molecular weight is 440 g/mol. The lowest BCUT2D eigenvalue weighted by Gasteiger charge is -2.36. The number of nitrogens with zero attached hydrogens (tertiary/aromatic N) is 2. The van der Waals surface area contributed by atoms with Crippen molar-refractivity contribution in [3.8, 4) is 0 Å². The van der Waals surface area contributed by atoms with Crippen LogP contribution in [0.3, 0.4) is 0 Å². The fourth-order valence-corrected chi connectivity index (χ4v) is 5.06. The van der Waals surface area contributed by atoms with Gasteiger partial charge in [0.25, 0.3) is 0 Å². The normalized spacial score (nSPS) is 18.1. The molecule has 2 amide bonds. The Balaban J connectivity index is 1.28. The highest BCUT2D eigenvalue weighted by Crippen LogP contribution is 2.42. The van der Waals surface area contributed by atoms with Gasteiger partial charge in [-0.05, 0) is 42.7 Å². The number of benzene rings is 2. The highest BCUT2D eigenvalue weighted by atomic mass is 35.5. The molecule has 0 aromatic heterocycles. The van der Waals surface area contributed by atoms with Crippen LogP contribution in [0.25, 0.3) is 0 Å². The molecule has 1 aliphatic heterocycles. The first-order chi connectivity index (χ1) is 15.1. The van der Waals surface area contributed by atoms with Crippen LogP contribution in [0.1, 0.15) is 37.7 Å². The Morgan fingerprint density at radius 3 is 2.32 bits per heavy atom. The number of piperazine rings is 1. The topological polar surface area (TPSA) is 52.7 Å². The molecule has 1 N–H and O–H groups in total. The molecule has 0 bridgehead atoms. The summed E-state index contributed by atoms with van der Waals surface area (Å²) in [5.74, 6) is 0.130. The minimum atomic E-state index is -0.519. The van der Waals surface area contributed by atoms with Gasteiger partial charge in [-0.15, -0.1) is 0 Å². The zero-order valence-corrected chi connectivity index (χ0v) is 18.6. The van der Waals surface area contributed by atoms with Gasteiger partial charge in [-0.1, -0.05) is 54.8 Å². The summed E-state index contributed by atoms with van der Waals surface area (Å²) in [6.07, 6.45) is 4.06. The summed E-state index contributed by atoms with van der Waals surface area (Å²) in [6, 6.07) is 17.9. The Morgan fingerprint density at radius 2 is 1.65 bits per heavy atom. The molecule has 2 aliphatic rings. The van der Waals surface area contributed by atoms with E-state index in [1.165, 1.54) is 5.69 Å². The number of amides is 2. The summed E-state index contributed by atoms with van der Waals surface area (Å²) in [4.78, 5) is 30.0. The second-order valence-corrected chi connectivity index (χ2v) is 8.95. The van der Waals surface area contributed by atoms with Crippen LogP contribution in [-0.4, -0.2) is 49.4 Å². The maximum Gasteiger partial charge on any atom is 0.230 e. The molecule has 2 fully saturated rings. The van der Waals surface area contributed by atoms with Crippen molar-refractivity contribution in [2.45, 2.75) is 37.5 Å². The Labute approximate surface area is 189 Å². The van der Waals surface area contributed by atoms with Gasteiger partial charge in [-0.2, -0.15) is 0 Å². The smallest absolute Gasteiger partial charge is 0.230 e. The van der Waals surface area contributed by atoms with E-state index in [0.29, 0.717) is 31.1 Å². The molecule has 31 heavy (non-hydrogen) atoms. The quantitative estimate of drug-likeness (QED) is 0.739. The van der Waals surface area contributed by atoms with E-state index in [4.69, 9.17) is 11.6 Å². The van der Waals surface area contributed by atoms with Gasteiger partial charge >= 0.3 is 0 Å². The van der Waals surface area contributed by atoms with E-state index < -0.39 is 5.41 Å². The molecule has 0 radical (unpaired) electrons. The van der Waals surface area contributed by atoms with Crippen molar-refractivity contribution in [2.24, 2.45) is 0 Å². The van der Waals surface area contributed by atoms with Crippen molar-refractivity contribution >= 4 is 29.1 Å². The van der Waals surface area contributed by atoms with Crippen LogP contribution < -0.4 is 10.2 Å². The Morgan fingerprint density at radius 1 is 0.935 bits per heavy atom. The molecule has 0 atom stereocenters. The van der Waals surface area contributed by atoms with Crippen LogP contribution in [0, 0.1) is 0 Å². The molecule has 1 saturated heterocycles. The van der Waals surface area contributed by atoms with Crippen LogP contribution in [0.2, 0.25) is 5.02 Å². The highest BCUT2D eigenvalue weighted by Gasteiger charge is 2.42. The highest BCUT2D eigenvalue weighted by molar-refractivity contribution is 6.30. The molecule has 1 aliphatic carbocycles. The molecule has 1 saturated carbocycles. The predicted molar refractivity (Wildman–Crippen MR) is 124 cm³/mol. The van der Waals surface area contributed by atoms with Crippen molar-refractivity contribution in [3.05, 3.63) is 65.2 Å². The lowest BCUT2D eigenvalue weighted by atomic mass is 9.78. The fourth-order valence-electron chi connectivity index (χ4n) is 4.87. The number of carbonyl (C=O) groups is 2. The van der Waals surface area contributed by atoms with Crippen LogP contribution in [0.5, 0.6) is 0 Å². The van der Waals surface area contributed by atoms with Gasteiger partial charge in [-0.3, -0.25) is 9.59 Å². The first kappa shape index (κ1) is 21.7. The zero-order valence-electron chi connectivity index (χ0n) is 17.9. The van der Waals surface area contributed by atoms with Crippen molar-refractivity contribution in [3.63, 3.8) is 0 Å². The van der Waals surface area contributed by atoms with E-state index in [9.17, 15) is 9.59 Å². The van der Waals surface area contributed by atoms with E-state index >= 15 is 0 Å². The second-order valence-electron chi connectivity index (χ2n) is 8.51. The van der Waals surface area contributed by atoms with E-state index in [1.807, 2.05) is 47.4 Å². The third-order valence-corrected chi connectivity index (χ3v) is 6.88. The first-order valence-electron chi connectivity index (χ1n) is 11.2. The number of rotatable bonds is 6. The molecule has 164 valence electrons. The number of nitrogens with one attached hydrogen (secondary N) is 1. The van der Waals surface area contributed by atoms with E-state index in [2.05, 4.69) is 22.3 Å². The average Bonchev–Trinajstić information content (AvgIpc) is 3.31. The zero-order chi connectivity index (χ0) is 21.7. The number of hydrogen-bond acceptors (Lipinski definition) is 3. The van der Waals surface area contributed by atoms with Gasteiger partial charge in [0.2, 0.25) is 11.8 Å². The molecule has 6 heteroatoms. The molecule has 4 rings (SSSR count). The van der Waals surface area contributed by atoms with Gasteiger partial charge in [0.1, 0.15) is 0 Å². The SMILES string of the molecule is O=C(CCNC(=O)C1(c2cccc(Cl)c2)CCCC1)N1CCN(c2ccccc2)CC1. The monoisotopic (exact) mass is 439 g/mol. The van der Waals surface area contributed by atoms with E-state index in [-0.39, 0.29) is 11.8 Å². The van der Waals surface area contributed by atoms with Gasteiger partial charge in [0.05, 0.1) is 5.41 Å². The van der Waals surface area contributed by atoms with E-state index in [0.717, 1.165) is 44.3 Å². The summed E-state index contributed by atoms with van der Waals surface area (Å²) in [5, 5.41) is 3.70. The maximum atomic E-state index is 13.2. The number of anilines is 1. The number of halogens is 1. The number of hydrogen-bond donors (Lipinski definition) is 1. The first-order valence-corrected chi connectivity index (χ1v) is 11.6. The van der Waals surface area contributed by atoms with Crippen molar-refractivity contribution in [2.75, 3.05) is 37.6 Å². The van der Waals surface area contributed by atoms with Gasteiger partial charge < -0.3 is 15.1 Å².